The van der Waals surface area contributed by atoms with Crippen LogP contribution in [0.4, 0.5) is 0 Å². The Kier molecular flexibility index (Phi) is 3.08. The Morgan fingerprint density at radius 1 is 1.38 bits per heavy atom. The normalized spacial score (nSPS) is 12.3. The van der Waals surface area contributed by atoms with Gasteiger partial charge in [-0.1, -0.05) is 0 Å². The second kappa shape index (κ2) is 4.09. The summed E-state index contributed by atoms with van der Waals surface area (Å²) in [7, 11) is 3.16. The maximum atomic E-state index is 5.75. The van der Waals surface area contributed by atoms with Gasteiger partial charge in [0.05, 0.1) is 20.4 Å². The number of hydrogen-bond acceptors (Lipinski definition) is 4. The van der Waals surface area contributed by atoms with Crippen molar-refractivity contribution in [3.63, 3.8) is 0 Å². The molecule has 0 aliphatic heterocycles. The van der Waals surface area contributed by atoms with Gasteiger partial charge in [-0.05, 0) is 6.92 Å². The van der Waals surface area contributed by atoms with Gasteiger partial charge in [0.15, 0.2) is 0 Å². The van der Waals surface area contributed by atoms with Crippen LogP contribution in [0.2, 0.25) is 0 Å². The van der Waals surface area contributed by atoms with Crippen LogP contribution in [0.25, 0.3) is 0 Å². The summed E-state index contributed by atoms with van der Waals surface area (Å²) in [5, 5.41) is 0. The fourth-order valence-corrected chi connectivity index (χ4v) is 1.08. The highest BCUT2D eigenvalue weighted by atomic mass is 16.5. The Bertz CT molecular complexity index is 287. The van der Waals surface area contributed by atoms with Crippen molar-refractivity contribution in [3.05, 3.63) is 17.8 Å². The first-order chi connectivity index (χ1) is 6.19. The Labute approximate surface area is 77.7 Å². The lowest BCUT2D eigenvalue weighted by molar-refractivity contribution is 0.382. The zero-order chi connectivity index (χ0) is 9.84. The Hall–Kier alpha value is -1.29. The molecule has 2 N–H and O–H groups in total. The number of nitrogens with zero attached hydrogens (tertiary/aromatic N) is 1. The molecule has 0 saturated heterocycles. The molecule has 0 aliphatic rings. The molecule has 1 atom stereocenters. The molecule has 0 unspecified atom stereocenters. The van der Waals surface area contributed by atoms with Crippen LogP contribution in [0.3, 0.4) is 0 Å². The van der Waals surface area contributed by atoms with Gasteiger partial charge in [0, 0.05) is 17.7 Å². The van der Waals surface area contributed by atoms with E-state index in [0.29, 0.717) is 11.6 Å². The minimum atomic E-state index is -0.0909. The minimum absolute atomic E-state index is 0.0909. The van der Waals surface area contributed by atoms with Crippen LogP contribution in [0.1, 0.15) is 18.5 Å². The van der Waals surface area contributed by atoms with Gasteiger partial charge in [-0.15, -0.1) is 0 Å². The molecule has 1 heterocycles. The average molecular weight is 182 g/mol. The Morgan fingerprint density at radius 3 is 2.54 bits per heavy atom. The topological polar surface area (TPSA) is 57.4 Å². The van der Waals surface area contributed by atoms with Crippen LogP contribution in [0, 0.1) is 0 Å². The van der Waals surface area contributed by atoms with E-state index < -0.39 is 0 Å². The fourth-order valence-electron chi connectivity index (χ4n) is 1.08. The van der Waals surface area contributed by atoms with Gasteiger partial charge in [0.25, 0.3) is 0 Å². The molecule has 4 nitrogen and oxygen atoms in total. The summed E-state index contributed by atoms with van der Waals surface area (Å²) in [4.78, 5) is 4.01. The first-order valence-electron chi connectivity index (χ1n) is 4.02. The van der Waals surface area contributed by atoms with E-state index in [1.54, 1.807) is 26.5 Å². The van der Waals surface area contributed by atoms with Crippen LogP contribution in [0.15, 0.2) is 12.3 Å². The third-order valence-corrected chi connectivity index (χ3v) is 1.79. The van der Waals surface area contributed by atoms with Gasteiger partial charge in [-0.25, -0.2) is 4.98 Å². The number of nitrogens with two attached hydrogens (primary N) is 1. The predicted octanol–water partition coefficient (Wildman–Crippen LogP) is 1.12. The third kappa shape index (κ3) is 2.09. The summed E-state index contributed by atoms with van der Waals surface area (Å²) >= 11 is 0. The van der Waals surface area contributed by atoms with E-state index in [1.807, 2.05) is 6.92 Å². The number of aromatic nitrogens is 1. The monoisotopic (exact) mass is 182 g/mol. The molecule has 1 rings (SSSR count). The van der Waals surface area contributed by atoms with E-state index in [0.717, 1.165) is 5.56 Å². The van der Waals surface area contributed by atoms with Crippen LogP contribution in [-0.4, -0.2) is 19.2 Å². The first kappa shape index (κ1) is 9.80. The zero-order valence-corrected chi connectivity index (χ0v) is 8.07. The molecule has 0 spiro atoms. The van der Waals surface area contributed by atoms with Crippen molar-refractivity contribution in [1.29, 1.82) is 0 Å². The van der Waals surface area contributed by atoms with E-state index in [4.69, 9.17) is 15.2 Å². The Morgan fingerprint density at radius 2 is 2.08 bits per heavy atom. The van der Waals surface area contributed by atoms with Crippen LogP contribution >= 0.6 is 0 Å². The molecule has 0 aromatic carbocycles. The van der Waals surface area contributed by atoms with E-state index in [2.05, 4.69) is 4.98 Å². The fraction of sp³-hybridized carbons (Fsp3) is 0.444. The minimum Gasteiger partial charge on any atom is -0.495 e. The molecule has 0 aliphatic carbocycles. The summed E-state index contributed by atoms with van der Waals surface area (Å²) in [6.07, 6.45) is 1.61. The van der Waals surface area contributed by atoms with Crippen molar-refractivity contribution in [2.75, 3.05) is 14.2 Å². The molecule has 0 amide bonds. The van der Waals surface area contributed by atoms with Crippen molar-refractivity contribution < 1.29 is 9.47 Å². The molecule has 72 valence electrons. The van der Waals surface area contributed by atoms with Crippen molar-refractivity contribution in [2.45, 2.75) is 13.0 Å². The van der Waals surface area contributed by atoms with E-state index in [1.165, 1.54) is 0 Å². The maximum Gasteiger partial charge on any atom is 0.213 e. The van der Waals surface area contributed by atoms with E-state index >= 15 is 0 Å². The van der Waals surface area contributed by atoms with Crippen molar-refractivity contribution >= 4 is 0 Å². The van der Waals surface area contributed by atoms with Gasteiger partial charge in [-0.3, -0.25) is 0 Å². The first-order valence-corrected chi connectivity index (χ1v) is 4.02. The highest BCUT2D eigenvalue weighted by Crippen LogP contribution is 2.25. The lowest BCUT2D eigenvalue weighted by atomic mass is 10.1. The quantitative estimate of drug-likeness (QED) is 0.761. The summed E-state index contributed by atoms with van der Waals surface area (Å²) in [5.41, 5.74) is 6.65. The molecule has 0 radical (unpaired) electrons. The van der Waals surface area contributed by atoms with E-state index in [-0.39, 0.29) is 6.04 Å². The molecule has 0 bridgehead atoms. The molecule has 13 heavy (non-hydrogen) atoms. The van der Waals surface area contributed by atoms with Crippen molar-refractivity contribution in [1.82, 2.24) is 4.98 Å². The van der Waals surface area contributed by atoms with Crippen molar-refractivity contribution in [3.8, 4) is 11.6 Å². The highest BCUT2D eigenvalue weighted by molar-refractivity contribution is 5.36. The van der Waals surface area contributed by atoms with Gasteiger partial charge in [0.1, 0.15) is 5.75 Å². The van der Waals surface area contributed by atoms with Gasteiger partial charge in [-0.2, -0.15) is 0 Å². The van der Waals surface area contributed by atoms with Gasteiger partial charge in [0.2, 0.25) is 5.88 Å². The summed E-state index contributed by atoms with van der Waals surface area (Å²) in [6, 6.07) is 1.69. The largest absolute Gasteiger partial charge is 0.495 e. The lowest BCUT2D eigenvalue weighted by Crippen LogP contribution is -2.07. The van der Waals surface area contributed by atoms with Crippen LogP contribution in [0.5, 0.6) is 11.6 Å². The van der Waals surface area contributed by atoms with E-state index in [9.17, 15) is 0 Å². The predicted molar refractivity (Wildman–Crippen MR) is 49.9 cm³/mol. The number of rotatable bonds is 3. The standard InChI is InChI=1S/C9H14N2O2/c1-6(10)7-4-9(13-3)11-5-8(7)12-2/h4-6H,10H2,1-3H3/t6-/m0/s1. The SMILES string of the molecule is COc1cc([C@H](C)N)c(OC)cn1. The third-order valence-electron chi connectivity index (χ3n) is 1.79. The highest BCUT2D eigenvalue weighted by Gasteiger charge is 2.09. The number of ether oxygens (including phenoxy) is 2. The Balaban J connectivity index is 3.10. The lowest BCUT2D eigenvalue weighted by Gasteiger charge is -2.11. The maximum absolute atomic E-state index is 5.75. The average Bonchev–Trinajstić information content (AvgIpc) is 2.16. The van der Waals surface area contributed by atoms with Crippen LogP contribution in [-0.2, 0) is 0 Å². The molecule has 0 saturated carbocycles. The zero-order valence-electron chi connectivity index (χ0n) is 8.07. The molecule has 1 aromatic heterocycles. The molecule has 1 aromatic rings. The molecule has 4 heteroatoms. The smallest absolute Gasteiger partial charge is 0.213 e. The summed E-state index contributed by atoms with van der Waals surface area (Å²) in [6.45, 7) is 1.89. The number of pyridine rings is 1. The molecular formula is C9H14N2O2. The van der Waals surface area contributed by atoms with Crippen molar-refractivity contribution in [2.24, 2.45) is 5.73 Å². The van der Waals surface area contributed by atoms with Gasteiger partial charge < -0.3 is 15.2 Å². The summed E-state index contributed by atoms with van der Waals surface area (Å²) < 4.78 is 10.1. The second-order valence-electron chi connectivity index (χ2n) is 2.76. The van der Waals surface area contributed by atoms with Gasteiger partial charge >= 0.3 is 0 Å². The molecule has 0 fully saturated rings. The second-order valence-corrected chi connectivity index (χ2v) is 2.76. The number of hydrogen-bond donors (Lipinski definition) is 1. The summed E-state index contributed by atoms with van der Waals surface area (Å²) in [5.74, 6) is 1.24. The molecular weight excluding hydrogens is 168 g/mol. The van der Waals surface area contributed by atoms with Crippen LogP contribution < -0.4 is 15.2 Å². The number of methoxy groups -OCH3 is 2.